The number of nitrogens with two attached hydrogens (primary N) is 1. The first-order chi connectivity index (χ1) is 7.94. The van der Waals surface area contributed by atoms with Gasteiger partial charge in [0.1, 0.15) is 0 Å². The number of hydrogen-bond acceptors (Lipinski definition) is 2. The average molecular weight is 238 g/mol. The summed E-state index contributed by atoms with van der Waals surface area (Å²) in [7, 11) is 0. The molecule has 1 unspecified atom stereocenters. The molecule has 0 radical (unpaired) electrons. The third-order valence-electron chi connectivity index (χ3n) is 5.44. The van der Waals surface area contributed by atoms with Gasteiger partial charge in [-0.1, -0.05) is 26.7 Å². The van der Waals surface area contributed by atoms with E-state index in [9.17, 15) is 0 Å². The van der Waals surface area contributed by atoms with Crippen LogP contribution in [-0.2, 0) is 0 Å². The number of nitrogens with zero attached hydrogens (tertiary/aromatic N) is 1. The van der Waals surface area contributed by atoms with Crippen LogP contribution in [0.3, 0.4) is 0 Å². The lowest BCUT2D eigenvalue weighted by molar-refractivity contribution is 0.0720. The molecule has 2 aliphatic rings. The zero-order valence-corrected chi connectivity index (χ0v) is 12.0. The van der Waals surface area contributed by atoms with Crippen LogP contribution in [0.1, 0.15) is 59.3 Å². The number of hydrogen-bond donors (Lipinski definition) is 1. The molecule has 2 heteroatoms. The first-order valence-electron chi connectivity index (χ1n) is 7.42. The largest absolute Gasteiger partial charge is 0.327 e. The highest BCUT2D eigenvalue weighted by atomic mass is 15.1. The standard InChI is InChI=1S/C15H30N2/c1-13(16)14(2,3)12-17-10-8-15(9-11-17)6-4-5-7-15/h13H,4-12,16H2,1-3H3. The number of likely N-dealkylation sites (tertiary alicyclic amines) is 1. The van der Waals surface area contributed by atoms with Crippen molar-refractivity contribution in [2.45, 2.75) is 65.3 Å². The molecule has 100 valence electrons. The summed E-state index contributed by atoms with van der Waals surface area (Å²) in [5, 5.41) is 0. The van der Waals surface area contributed by atoms with Gasteiger partial charge in [0, 0.05) is 12.6 Å². The predicted molar refractivity (Wildman–Crippen MR) is 74.0 cm³/mol. The topological polar surface area (TPSA) is 29.3 Å². The SMILES string of the molecule is CC(N)C(C)(C)CN1CCC2(CCCC2)CC1. The zero-order valence-electron chi connectivity index (χ0n) is 12.0. The second kappa shape index (κ2) is 4.89. The molecule has 1 atom stereocenters. The summed E-state index contributed by atoms with van der Waals surface area (Å²) in [6, 6.07) is 0.282. The second-order valence-corrected chi connectivity index (χ2v) is 7.26. The minimum Gasteiger partial charge on any atom is -0.327 e. The van der Waals surface area contributed by atoms with Crippen LogP contribution in [0.5, 0.6) is 0 Å². The van der Waals surface area contributed by atoms with E-state index < -0.39 is 0 Å². The third-order valence-corrected chi connectivity index (χ3v) is 5.44. The van der Waals surface area contributed by atoms with E-state index >= 15 is 0 Å². The Bertz CT molecular complexity index is 242. The Hall–Kier alpha value is -0.0800. The molecule has 1 aliphatic heterocycles. The molecule has 17 heavy (non-hydrogen) atoms. The smallest absolute Gasteiger partial charge is 0.00739 e. The van der Waals surface area contributed by atoms with E-state index in [4.69, 9.17) is 5.73 Å². The van der Waals surface area contributed by atoms with Gasteiger partial charge in [0.25, 0.3) is 0 Å². The minimum absolute atomic E-state index is 0.250. The highest BCUT2D eigenvalue weighted by Crippen LogP contribution is 2.46. The molecule has 2 fully saturated rings. The van der Waals surface area contributed by atoms with Gasteiger partial charge in [0.2, 0.25) is 0 Å². The van der Waals surface area contributed by atoms with Crippen LogP contribution in [0.25, 0.3) is 0 Å². The first kappa shape index (κ1) is 13.4. The predicted octanol–water partition coefficient (Wildman–Crippen LogP) is 3.02. The second-order valence-electron chi connectivity index (χ2n) is 7.26. The van der Waals surface area contributed by atoms with Crippen molar-refractivity contribution in [1.82, 2.24) is 4.90 Å². The van der Waals surface area contributed by atoms with Gasteiger partial charge in [0.05, 0.1) is 0 Å². The third kappa shape index (κ3) is 3.03. The molecule has 2 rings (SSSR count). The van der Waals surface area contributed by atoms with Crippen LogP contribution in [0.2, 0.25) is 0 Å². The van der Waals surface area contributed by atoms with E-state index in [-0.39, 0.29) is 11.5 Å². The lowest BCUT2D eigenvalue weighted by Gasteiger charge is -2.43. The van der Waals surface area contributed by atoms with E-state index in [1.807, 2.05) is 0 Å². The molecular formula is C15H30N2. The normalized spacial score (nSPS) is 27.5. The van der Waals surface area contributed by atoms with Gasteiger partial charge in [0.15, 0.2) is 0 Å². The summed E-state index contributed by atoms with van der Waals surface area (Å²) >= 11 is 0. The summed E-state index contributed by atoms with van der Waals surface area (Å²) in [6.45, 7) is 10.5. The van der Waals surface area contributed by atoms with Crippen LogP contribution in [0, 0.1) is 10.8 Å². The fourth-order valence-electron chi connectivity index (χ4n) is 3.53. The van der Waals surface area contributed by atoms with E-state index in [2.05, 4.69) is 25.7 Å². The zero-order chi connectivity index (χ0) is 12.5. The van der Waals surface area contributed by atoms with Crippen molar-refractivity contribution >= 4 is 0 Å². The molecule has 0 bridgehead atoms. The highest BCUT2D eigenvalue weighted by Gasteiger charge is 2.38. The molecule has 0 aromatic carbocycles. The van der Waals surface area contributed by atoms with Gasteiger partial charge in [-0.3, -0.25) is 0 Å². The quantitative estimate of drug-likeness (QED) is 0.819. The Labute approximate surface area is 107 Å². The lowest BCUT2D eigenvalue weighted by Crippen LogP contribution is -2.48. The number of piperidine rings is 1. The van der Waals surface area contributed by atoms with Crippen molar-refractivity contribution in [1.29, 1.82) is 0 Å². The summed E-state index contributed by atoms with van der Waals surface area (Å²) < 4.78 is 0. The Morgan fingerprint density at radius 1 is 1.12 bits per heavy atom. The molecule has 0 aromatic rings. The summed E-state index contributed by atoms with van der Waals surface area (Å²) in [5.41, 5.74) is 7.07. The lowest BCUT2D eigenvalue weighted by atomic mass is 9.76. The van der Waals surface area contributed by atoms with Gasteiger partial charge in [-0.25, -0.2) is 0 Å². The molecule has 1 saturated heterocycles. The molecule has 0 aromatic heterocycles. The monoisotopic (exact) mass is 238 g/mol. The molecule has 1 saturated carbocycles. The molecular weight excluding hydrogens is 208 g/mol. The van der Waals surface area contributed by atoms with Gasteiger partial charge in [-0.15, -0.1) is 0 Å². The fraction of sp³-hybridized carbons (Fsp3) is 1.00. The highest BCUT2D eigenvalue weighted by molar-refractivity contribution is 4.91. The minimum atomic E-state index is 0.250. The van der Waals surface area contributed by atoms with Gasteiger partial charge >= 0.3 is 0 Å². The van der Waals surface area contributed by atoms with E-state index in [0.717, 1.165) is 5.41 Å². The first-order valence-corrected chi connectivity index (χ1v) is 7.42. The van der Waals surface area contributed by atoms with Crippen molar-refractivity contribution in [3.05, 3.63) is 0 Å². The van der Waals surface area contributed by atoms with E-state index in [0.29, 0.717) is 0 Å². The van der Waals surface area contributed by atoms with Crippen molar-refractivity contribution in [3.63, 3.8) is 0 Å². The van der Waals surface area contributed by atoms with Crippen molar-refractivity contribution < 1.29 is 0 Å². The number of rotatable bonds is 3. The Kier molecular flexibility index (Phi) is 3.84. The Balaban J connectivity index is 1.83. The summed E-state index contributed by atoms with van der Waals surface area (Å²) in [4.78, 5) is 2.65. The van der Waals surface area contributed by atoms with Crippen LogP contribution < -0.4 is 5.73 Å². The summed E-state index contributed by atoms with van der Waals surface area (Å²) in [5.74, 6) is 0. The molecule has 1 heterocycles. The van der Waals surface area contributed by atoms with Crippen molar-refractivity contribution in [2.24, 2.45) is 16.6 Å². The maximum atomic E-state index is 6.08. The molecule has 2 nitrogen and oxygen atoms in total. The molecule has 0 amide bonds. The average Bonchev–Trinajstić information content (AvgIpc) is 2.70. The molecule has 1 spiro atoms. The van der Waals surface area contributed by atoms with Crippen molar-refractivity contribution in [3.8, 4) is 0 Å². The molecule has 2 N–H and O–H groups in total. The maximum absolute atomic E-state index is 6.08. The van der Waals surface area contributed by atoms with E-state index in [1.165, 1.54) is 58.2 Å². The Morgan fingerprint density at radius 3 is 2.12 bits per heavy atom. The van der Waals surface area contributed by atoms with Crippen LogP contribution in [0.4, 0.5) is 0 Å². The van der Waals surface area contributed by atoms with Crippen molar-refractivity contribution in [2.75, 3.05) is 19.6 Å². The molecule has 1 aliphatic carbocycles. The van der Waals surface area contributed by atoms with Crippen LogP contribution in [-0.4, -0.2) is 30.6 Å². The van der Waals surface area contributed by atoms with Gasteiger partial charge in [-0.2, -0.15) is 0 Å². The Morgan fingerprint density at radius 2 is 1.65 bits per heavy atom. The van der Waals surface area contributed by atoms with Gasteiger partial charge < -0.3 is 10.6 Å². The fourth-order valence-corrected chi connectivity index (χ4v) is 3.53. The van der Waals surface area contributed by atoms with Crippen LogP contribution >= 0.6 is 0 Å². The maximum Gasteiger partial charge on any atom is 0.00739 e. The van der Waals surface area contributed by atoms with Crippen LogP contribution in [0.15, 0.2) is 0 Å². The summed E-state index contributed by atoms with van der Waals surface area (Å²) in [6.07, 6.45) is 8.82. The van der Waals surface area contributed by atoms with E-state index in [1.54, 1.807) is 0 Å². The van der Waals surface area contributed by atoms with Gasteiger partial charge in [-0.05, 0) is 56.5 Å².